The van der Waals surface area contributed by atoms with Crippen LogP contribution in [-0.4, -0.2) is 38.2 Å². The lowest BCUT2D eigenvalue weighted by Crippen LogP contribution is -2.16. The first-order valence-electron chi connectivity index (χ1n) is 11.5. The molecule has 0 fully saturated rings. The van der Waals surface area contributed by atoms with E-state index < -0.39 is 0 Å². The van der Waals surface area contributed by atoms with E-state index in [1.54, 1.807) is 19.5 Å². The molecule has 0 saturated heterocycles. The third kappa shape index (κ3) is 4.12. The number of aromatic nitrogens is 5. The number of unbranched alkanes of at least 4 members (excludes halogenated alkanes) is 1. The van der Waals surface area contributed by atoms with Crippen molar-refractivity contribution in [3.05, 3.63) is 79.0 Å². The van der Waals surface area contributed by atoms with E-state index >= 15 is 0 Å². The number of pyridine rings is 1. The van der Waals surface area contributed by atoms with Gasteiger partial charge in [0.1, 0.15) is 11.5 Å². The quantitative estimate of drug-likeness (QED) is 0.293. The monoisotopic (exact) mass is 452 g/mol. The molecule has 1 aromatic carbocycles. The Morgan fingerprint density at radius 1 is 1.06 bits per heavy atom. The van der Waals surface area contributed by atoms with Gasteiger partial charge in [-0.05, 0) is 35.7 Å². The molecule has 0 atom stereocenters. The van der Waals surface area contributed by atoms with Gasteiger partial charge < -0.3 is 19.6 Å². The minimum absolute atomic E-state index is 0.350. The summed E-state index contributed by atoms with van der Waals surface area (Å²) in [4.78, 5) is 16.4. The summed E-state index contributed by atoms with van der Waals surface area (Å²) in [5, 5.41) is 5.75. The van der Waals surface area contributed by atoms with Gasteiger partial charge in [-0.2, -0.15) is 0 Å². The highest BCUT2D eigenvalue weighted by atomic mass is 16.5. The molecular weight excluding hydrogens is 424 g/mol. The molecule has 4 aromatic heterocycles. The molecule has 0 aliphatic carbocycles. The maximum atomic E-state index is 5.07. The topological polar surface area (TPSA) is 80.7 Å². The van der Waals surface area contributed by atoms with E-state index in [1.807, 2.05) is 12.4 Å². The molecule has 7 nitrogen and oxygen atoms in total. The number of hydrogen-bond acceptors (Lipinski definition) is 5. The average Bonchev–Trinajstić information content (AvgIpc) is 3.49. The summed E-state index contributed by atoms with van der Waals surface area (Å²) >= 11 is 0. The zero-order valence-corrected chi connectivity index (χ0v) is 19.5. The van der Waals surface area contributed by atoms with Gasteiger partial charge in [-0.1, -0.05) is 32.1 Å². The number of benzene rings is 1. The number of rotatable bonds is 9. The molecule has 172 valence electrons. The molecule has 0 aliphatic heterocycles. The third-order valence-electron chi connectivity index (χ3n) is 6.12. The summed E-state index contributed by atoms with van der Waals surface area (Å²) in [5.41, 5.74) is 6.34. The van der Waals surface area contributed by atoms with Gasteiger partial charge in [0.25, 0.3) is 0 Å². The molecule has 4 heterocycles. The predicted octanol–water partition coefficient (Wildman–Crippen LogP) is 5.39. The van der Waals surface area contributed by atoms with Gasteiger partial charge in [0.05, 0.1) is 12.6 Å². The molecular formula is C27H28N6O. The lowest BCUT2D eigenvalue weighted by atomic mass is 10.0. The molecule has 0 amide bonds. The highest BCUT2D eigenvalue weighted by molar-refractivity contribution is 5.89. The second-order valence-corrected chi connectivity index (χ2v) is 8.33. The van der Waals surface area contributed by atoms with Crippen LogP contribution in [0.1, 0.15) is 30.9 Å². The second kappa shape index (κ2) is 9.39. The van der Waals surface area contributed by atoms with Gasteiger partial charge in [0.2, 0.25) is 0 Å². The van der Waals surface area contributed by atoms with Crippen LogP contribution in [0.4, 0.5) is 0 Å². The Kier molecular flexibility index (Phi) is 5.99. The molecule has 0 radical (unpaired) electrons. The minimum Gasteiger partial charge on any atom is -0.467 e. The fraction of sp³-hybridized carbons (Fsp3) is 0.222. The molecule has 5 rings (SSSR count). The number of hydrogen-bond donors (Lipinski definition) is 2. The van der Waals surface area contributed by atoms with Crippen LogP contribution in [-0.2, 0) is 6.42 Å². The number of nitrogens with one attached hydrogen (secondary N) is 2. The van der Waals surface area contributed by atoms with Crippen LogP contribution in [0.5, 0.6) is 6.01 Å². The molecule has 34 heavy (non-hydrogen) atoms. The Morgan fingerprint density at radius 3 is 2.68 bits per heavy atom. The van der Waals surface area contributed by atoms with Gasteiger partial charge >= 0.3 is 6.01 Å². The number of nitrogens with zero attached hydrogens (tertiary/aromatic N) is 4. The fourth-order valence-corrected chi connectivity index (χ4v) is 4.25. The van der Waals surface area contributed by atoms with Crippen molar-refractivity contribution in [3.8, 4) is 17.1 Å². The third-order valence-corrected chi connectivity index (χ3v) is 6.12. The van der Waals surface area contributed by atoms with Gasteiger partial charge in [0, 0.05) is 65.8 Å². The van der Waals surface area contributed by atoms with Crippen molar-refractivity contribution in [1.82, 2.24) is 29.8 Å². The van der Waals surface area contributed by atoms with Gasteiger partial charge in [-0.15, -0.1) is 0 Å². The number of ether oxygens (including phenoxy) is 1. The standard InChI is InChI=1S/C27H28N6O/c1-4-5-10-28-18(2)33-11-9-23-19(7-6-8-25(23)33)12-21-15-30-26-24(21)13-20(14-29-26)22-16-31-27(34-3)32-17-22/h6-9,11,13-17,28H,2,4-5,10,12H2,1,3H3,(H,29,30). The van der Waals surface area contributed by atoms with Crippen molar-refractivity contribution < 1.29 is 4.74 Å². The maximum Gasteiger partial charge on any atom is 0.316 e. The van der Waals surface area contributed by atoms with Gasteiger partial charge in [-0.3, -0.25) is 0 Å². The van der Waals surface area contributed by atoms with Crippen molar-refractivity contribution in [2.24, 2.45) is 0 Å². The van der Waals surface area contributed by atoms with Crippen LogP contribution in [0.3, 0.4) is 0 Å². The first-order valence-corrected chi connectivity index (χ1v) is 11.5. The largest absolute Gasteiger partial charge is 0.467 e. The van der Waals surface area contributed by atoms with Crippen molar-refractivity contribution >= 4 is 27.8 Å². The molecule has 0 spiro atoms. The normalized spacial score (nSPS) is 11.2. The summed E-state index contributed by atoms with van der Waals surface area (Å²) < 4.78 is 7.20. The lowest BCUT2D eigenvalue weighted by molar-refractivity contribution is 0.380. The highest BCUT2D eigenvalue weighted by Crippen LogP contribution is 2.29. The zero-order valence-electron chi connectivity index (χ0n) is 19.5. The van der Waals surface area contributed by atoms with Crippen molar-refractivity contribution in [1.29, 1.82) is 0 Å². The maximum absolute atomic E-state index is 5.07. The molecule has 2 N–H and O–H groups in total. The van der Waals surface area contributed by atoms with Crippen LogP contribution in [0, 0.1) is 0 Å². The molecule has 0 bridgehead atoms. The minimum atomic E-state index is 0.350. The number of methoxy groups -OCH3 is 1. The smallest absolute Gasteiger partial charge is 0.316 e. The van der Waals surface area contributed by atoms with Crippen molar-refractivity contribution in [2.45, 2.75) is 26.2 Å². The van der Waals surface area contributed by atoms with E-state index in [2.05, 4.69) is 79.9 Å². The average molecular weight is 453 g/mol. The SMILES string of the molecule is C=C(NCCCC)n1ccc2c(Cc3c[nH]c4ncc(-c5cnc(OC)nc5)cc34)cccc21. The van der Waals surface area contributed by atoms with Crippen LogP contribution < -0.4 is 10.1 Å². The van der Waals surface area contributed by atoms with E-state index in [-0.39, 0.29) is 0 Å². The van der Waals surface area contributed by atoms with Crippen molar-refractivity contribution in [3.63, 3.8) is 0 Å². The molecule has 5 aromatic rings. The van der Waals surface area contributed by atoms with Crippen LogP contribution in [0.15, 0.2) is 67.9 Å². The van der Waals surface area contributed by atoms with Gasteiger partial charge in [-0.25, -0.2) is 15.0 Å². The van der Waals surface area contributed by atoms with E-state index in [0.29, 0.717) is 6.01 Å². The summed E-state index contributed by atoms with van der Waals surface area (Å²) in [6.07, 6.45) is 12.6. The van der Waals surface area contributed by atoms with Crippen LogP contribution in [0.25, 0.3) is 38.9 Å². The highest BCUT2D eigenvalue weighted by Gasteiger charge is 2.12. The zero-order chi connectivity index (χ0) is 23.5. The van der Waals surface area contributed by atoms with E-state index in [4.69, 9.17) is 4.74 Å². The summed E-state index contributed by atoms with van der Waals surface area (Å²) in [6, 6.07) is 11.1. The molecule has 0 aliphatic rings. The Balaban J connectivity index is 1.46. The Bertz CT molecular complexity index is 1450. The number of aromatic amines is 1. The van der Waals surface area contributed by atoms with Crippen LogP contribution >= 0.6 is 0 Å². The molecule has 7 heteroatoms. The summed E-state index contributed by atoms with van der Waals surface area (Å²) in [7, 11) is 1.56. The summed E-state index contributed by atoms with van der Waals surface area (Å²) in [5.74, 6) is 0.906. The van der Waals surface area contributed by atoms with E-state index in [9.17, 15) is 0 Å². The first-order chi connectivity index (χ1) is 16.7. The lowest BCUT2D eigenvalue weighted by Gasteiger charge is -2.12. The molecule has 0 unspecified atom stereocenters. The first kappa shape index (κ1) is 21.7. The Morgan fingerprint density at radius 2 is 1.88 bits per heavy atom. The second-order valence-electron chi connectivity index (χ2n) is 8.33. The fourth-order valence-electron chi connectivity index (χ4n) is 4.25. The van der Waals surface area contributed by atoms with E-state index in [0.717, 1.165) is 59.3 Å². The Hall–Kier alpha value is -4.13. The predicted molar refractivity (Wildman–Crippen MR) is 137 cm³/mol. The van der Waals surface area contributed by atoms with Gasteiger partial charge in [0.15, 0.2) is 0 Å². The Labute approximate surface area is 198 Å². The van der Waals surface area contributed by atoms with Crippen molar-refractivity contribution in [2.75, 3.05) is 13.7 Å². The van der Waals surface area contributed by atoms with Crippen LogP contribution in [0.2, 0.25) is 0 Å². The number of H-pyrrole nitrogens is 1. The number of fused-ring (bicyclic) bond motifs is 2. The summed E-state index contributed by atoms with van der Waals surface area (Å²) in [6.45, 7) is 7.35. The molecule has 0 saturated carbocycles. The van der Waals surface area contributed by atoms with E-state index in [1.165, 1.54) is 16.5 Å².